The second-order valence-electron chi connectivity index (χ2n) is 8.46. The molecule has 0 amide bonds. The van der Waals surface area contributed by atoms with E-state index in [0.29, 0.717) is 11.1 Å². The molecule has 3 atom stereocenters. The zero-order valence-corrected chi connectivity index (χ0v) is 20.4. The van der Waals surface area contributed by atoms with Gasteiger partial charge in [-0.1, -0.05) is 54.6 Å². The molecule has 0 saturated carbocycles. The van der Waals surface area contributed by atoms with Gasteiger partial charge in [-0.15, -0.1) is 0 Å². The summed E-state index contributed by atoms with van der Waals surface area (Å²) < 4.78 is 76.9. The van der Waals surface area contributed by atoms with Crippen LogP contribution < -0.4 is 0 Å². The van der Waals surface area contributed by atoms with E-state index in [0.717, 1.165) is 0 Å². The predicted molar refractivity (Wildman–Crippen MR) is 129 cm³/mol. The first kappa shape index (κ1) is 27.3. The number of aliphatic hydroxyl groups excluding tert-OH is 1. The average molecular weight is 549 g/mol. The summed E-state index contributed by atoms with van der Waals surface area (Å²) in [5, 5.41) is 9.72. The van der Waals surface area contributed by atoms with Crippen LogP contribution in [-0.2, 0) is 30.1 Å². The number of aliphatic hydroxyl groups is 1. The molecule has 4 rings (SSSR count). The number of alkyl halides is 2. The summed E-state index contributed by atoms with van der Waals surface area (Å²) in [6, 6.07) is 20.3. The van der Waals surface area contributed by atoms with Gasteiger partial charge in [0, 0.05) is 0 Å². The molecule has 2 N–H and O–H groups in total. The molecule has 9 nitrogen and oxygen atoms in total. The van der Waals surface area contributed by atoms with Crippen LogP contribution >= 0.6 is 0 Å². The number of benzene rings is 3. The predicted octanol–water partition coefficient (Wildman–Crippen LogP) is 3.48. The molecule has 1 aliphatic heterocycles. The molecule has 0 radical (unpaired) electrons. The van der Waals surface area contributed by atoms with Gasteiger partial charge in [0.05, 0.1) is 11.1 Å². The normalized spacial score (nSPS) is 20.6. The molecule has 1 saturated heterocycles. The van der Waals surface area contributed by atoms with Gasteiger partial charge in [-0.05, 0) is 41.0 Å². The molecule has 3 aromatic carbocycles. The highest BCUT2D eigenvalue weighted by atomic mass is 32.2. The molecular formula is C26H22F2O9S. The Labute approximate surface area is 216 Å². The number of carbonyl (C=O) groups excluding carboxylic acids is 2. The van der Waals surface area contributed by atoms with Crippen molar-refractivity contribution in [1.82, 2.24) is 0 Å². The Kier molecular flexibility index (Phi) is 7.88. The highest BCUT2D eigenvalue weighted by Gasteiger charge is 2.61. The van der Waals surface area contributed by atoms with E-state index in [9.17, 15) is 36.4 Å². The highest BCUT2D eigenvalue weighted by Crippen LogP contribution is 2.38. The Morgan fingerprint density at radius 2 is 1.55 bits per heavy atom. The summed E-state index contributed by atoms with van der Waals surface area (Å²) in [5.74, 6) is -7.27. The second-order valence-corrected chi connectivity index (χ2v) is 9.91. The third-order valence-electron chi connectivity index (χ3n) is 5.74. The maximum absolute atomic E-state index is 14.7. The summed E-state index contributed by atoms with van der Waals surface area (Å²) in [6.07, 6.45) is -6.76. The van der Waals surface area contributed by atoms with E-state index in [1.54, 1.807) is 48.5 Å². The number of hydrogen-bond donors (Lipinski definition) is 2. The second kappa shape index (κ2) is 11.0. The van der Waals surface area contributed by atoms with Gasteiger partial charge in [0.25, 0.3) is 10.1 Å². The van der Waals surface area contributed by atoms with Crippen molar-refractivity contribution in [1.29, 1.82) is 0 Å². The van der Waals surface area contributed by atoms with Crippen molar-refractivity contribution in [2.75, 3.05) is 6.61 Å². The Bertz CT molecular complexity index is 1410. The minimum atomic E-state index is -4.62. The molecule has 200 valence electrons. The van der Waals surface area contributed by atoms with E-state index in [1.807, 2.05) is 0 Å². The lowest BCUT2D eigenvalue weighted by atomic mass is 9.99. The van der Waals surface area contributed by atoms with E-state index in [-0.39, 0.29) is 11.1 Å². The fraction of sp³-hybridized carbons (Fsp3) is 0.231. The molecular weight excluding hydrogens is 526 g/mol. The van der Waals surface area contributed by atoms with Crippen molar-refractivity contribution >= 4 is 22.1 Å². The molecule has 0 spiro atoms. The SMILES string of the molecule is O=C(OC[C@H]1O[C@H](O)C(F)(F)[C@@H]1OC(=O)c1ccc(-c2ccccc2)cc1CS(=O)(=O)O)c1ccccc1. The van der Waals surface area contributed by atoms with Crippen molar-refractivity contribution in [3.05, 3.63) is 95.6 Å². The van der Waals surface area contributed by atoms with Crippen LogP contribution in [0, 0.1) is 0 Å². The fourth-order valence-electron chi connectivity index (χ4n) is 3.91. The number of halogens is 2. The number of hydrogen-bond acceptors (Lipinski definition) is 8. The zero-order valence-electron chi connectivity index (χ0n) is 19.6. The summed E-state index contributed by atoms with van der Waals surface area (Å²) >= 11 is 0. The van der Waals surface area contributed by atoms with Crippen molar-refractivity contribution < 1.29 is 50.7 Å². The molecule has 38 heavy (non-hydrogen) atoms. The van der Waals surface area contributed by atoms with Gasteiger partial charge in [-0.3, -0.25) is 4.55 Å². The van der Waals surface area contributed by atoms with E-state index >= 15 is 0 Å². The van der Waals surface area contributed by atoms with Crippen LogP contribution in [0.3, 0.4) is 0 Å². The molecule has 1 heterocycles. The summed E-state index contributed by atoms with van der Waals surface area (Å²) in [5.41, 5.74) is 0.701. The first-order valence-corrected chi connectivity index (χ1v) is 12.8. The highest BCUT2D eigenvalue weighted by molar-refractivity contribution is 7.85. The van der Waals surface area contributed by atoms with E-state index < -0.39 is 64.4 Å². The van der Waals surface area contributed by atoms with Crippen LogP contribution in [0.15, 0.2) is 78.9 Å². The quantitative estimate of drug-likeness (QED) is 0.320. The molecule has 0 unspecified atom stereocenters. The Morgan fingerprint density at radius 3 is 2.18 bits per heavy atom. The van der Waals surface area contributed by atoms with Gasteiger partial charge in [0.15, 0.2) is 6.10 Å². The van der Waals surface area contributed by atoms with Gasteiger partial charge in [0.2, 0.25) is 6.29 Å². The lowest BCUT2D eigenvalue weighted by Crippen LogP contribution is -2.44. The molecule has 12 heteroatoms. The van der Waals surface area contributed by atoms with Gasteiger partial charge in [-0.25, -0.2) is 9.59 Å². The Morgan fingerprint density at radius 1 is 0.921 bits per heavy atom. The van der Waals surface area contributed by atoms with Crippen molar-refractivity contribution in [2.45, 2.75) is 30.2 Å². The van der Waals surface area contributed by atoms with Crippen LogP contribution in [0.2, 0.25) is 0 Å². The third kappa shape index (κ3) is 6.22. The van der Waals surface area contributed by atoms with E-state index in [2.05, 4.69) is 0 Å². The monoisotopic (exact) mass is 548 g/mol. The minimum absolute atomic E-state index is 0.139. The maximum Gasteiger partial charge on any atom is 0.339 e. The number of esters is 2. The maximum atomic E-state index is 14.7. The number of rotatable bonds is 8. The van der Waals surface area contributed by atoms with Gasteiger partial charge < -0.3 is 19.3 Å². The van der Waals surface area contributed by atoms with E-state index in [1.165, 1.54) is 30.3 Å². The smallest absolute Gasteiger partial charge is 0.339 e. The Balaban J connectivity index is 1.58. The molecule has 0 aromatic heterocycles. The zero-order chi connectivity index (χ0) is 27.5. The largest absolute Gasteiger partial charge is 0.459 e. The molecule has 3 aromatic rings. The molecule has 0 bridgehead atoms. The number of carbonyl (C=O) groups is 2. The van der Waals surface area contributed by atoms with Crippen LogP contribution in [-0.4, -0.2) is 61.0 Å². The van der Waals surface area contributed by atoms with Gasteiger partial charge in [-0.2, -0.15) is 17.2 Å². The molecule has 0 aliphatic carbocycles. The van der Waals surface area contributed by atoms with Crippen molar-refractivity contribution in [3.8, 4) is 11.1 Å². The van der Waals surface area contributed by atoms with Crippen LogP contribution in [0.1, 0.15) is 26.3 Å². The lowest BCUT2D eigenvalue weighted by molar-refractivity contribution is -0.199. The topological polar surface area (TPSA) is 136 Å². The summed E-state index contributed by atoms with van der Waals surface area (Å²) in [7, 11) is -4.62. The first-order chi connectivity index (χ1) is 18.0. The molecule has 1 aliphatic rings. The summed E-state index contributed by atoms with van der Waals surface area (Å²) in [6.45, 7) is -0.775. The molecule has 1 fully saturated rings. The number of ether oxygens (including phenoxy) is 3. The Hall–Kier alpha value is -3.71. The van der Waals surface area contributed by atoms with Crippen molar-refractivity contribution in [2.24, 2.45) is 0 Å². The minimum Gasteiger partial charge on any atom is -0.459 e. The van der Waals surface area contributed by atoms with Crippen LogP contribution in [0.25, 0.3) is 11.1 Å². The first-order valence-electron chi connectivity index (χ1n) is 11.2. The fourth-order valence-corrected chi connectivity index (χ4v) is 4.54. The van der Waals surface area contributed by atoms with Crippen LogP contribution in [0.4, 0.5) is 8.78 Å². The lowest BCUT2D eigenvalue weighted by Gasteiger charge is -2.23. The third-order valence-corrected chi connectivity index (χ3v) is 6.42. The van der Waals surface area contributed by atoms with Gasteiger partial charge >= 0.3 is 17.9 Å². The average Bonchev–Trinajstić information content (AvgIpc) is 3.10. The van der Waals surface area contributed by atoms with Gasteiger partial charge in [0.1, 0.15) is 18.5 Å². The van der Waals surface area contributed by atoms with E-state index in [4.69, 9.17) is 14.2 Å². The van der Waals surface area contributed by atoms with Crippen LogP contribution in [0.5, 0.6) is 0 Å². The standard InChI is InChI=1S/C26H22F2O9S/c27-26(28)22(21(36-25(26)31)14-35-23(29)17-9-5-2-6-10-17)37-24(30)20-12-11-18(16-7-3-1-4-8-16)13-19(20)15-38(32,33)34/h1-13,21-22,25,31H,14-15H2,(H,32,33,34)/t21-,22-,25+/m1/s1. The summed E-state index contributed by atoms with van der Waals surface area (Å²) in [4.78, 5) is 25.2. The van der Waals surface area contributed by atoms with Crippen molar-refractivity contribution in [3.63, 3.8) is 0 Å².